The summed E-state index contributed by atoms with van der Waals surface area (Å²) in [5, 5.41) is 22.6. The molecular weight excluding hydrogens is 430 g/mol. The summed E-state index contributed by atoms with van der Waals surface area (Å²) in [5.41, 5.74) is 3.26. The molecule has 1 fully saturated rings. The van der Waals surface area contributed by atoms with Gasteiger partial charge in [-0.05, 0) is 24.0 Å². The van der Waals surface area contributed by atoms with Crippen LogP contribution in [0.1, 0.15) is 42.2 Å². The lowest BCUT2D eigenvalue weighted by molar-refractivity contribution is -0.385. The van der Waals surface area contributed by atoms with Gasteiger partial charge in [-0.25, -0.2) is 0 Å². The number of hydrogen-bond acceptors (Lipinski definition) is 7. The summed E-state index contributed by atoms with van der Waals surface area (Å²) in [7, 11) is 0. The minimum Gasteiger partial charge on any atom is -0.299 e. The SMILES string of the molecule is O=C1CCCC2=NC3=C(SCC3c3cccc([N+](=O)[O-])c3)C(c3cccc([N+](=O)[O-])c3)C12. The van der Waals surface area contributed by atoms with Crippen molar-refractivity contribution < 1.29 is 14.6 Å². The molecule has 3 unspecified atom stereocenters. The molecule has 2 aromatic rings. The van der Waals surface area contributed by atoms with Gasteiger partial charge in [-0.15, -0.1) is 11.8 Å². The van der Waals surface area contributed by atoms with Crippen LogP contribution in [-0.4, -0.2) is 27.1 Å². The van der Waals surface area contributed by atoms with Gasteiger partial charge in [-0.3, -0.25) is 30.0 Å². The number of carbonyl (C=O) groups is 1. The number of Topliss-reactive ketones (excluding diaryl/α,β-unsaturated/α-hetero) is 1. The van der Waals surface area contributed by atoms with Gasteiger partial charge in [-0.2, -0.15) is 0 Å². The molecule has 2 aromatic carbocycles. The summed E-state index contributed by atoms with van der Waals surface area (Å²) in [6.07, 6.45) is 1.94. The van der Waals surface area contributed by atoms with Gasteiger partial charge in [0.1, 0.15) is 5.78 Å². The van der Waals surface area contributed by atoms with Gasteiger partial charge < -0.3 is 0 Å². The maximum atomic E-state index is 13.0. The topological polar surface area (TPSA) is 116 Å². The van der Waals surface area contributed by atoms with E-state index in [1.807, 2.05) is 12.1 Å². The quantitative estimate of drug-likeness (QED) is 0.471. The Bertz CT molecular complexity index is 1220. The van der Waals surface area contributed by atoms with Crippen LogP contribution >= 0.6 is 11.8 Å². The van der Waals surface area contributed by atoms with Gasteiger partial charge in [-0.1, -0.05) is 24.3 Å². The molecule has 0 spiro atoms. The summed E-state index contributed by atoms with van der Waals surface area (Å²) in [6.45, 7) is 0. The van der Waals surface area contributed by atoms with E-state index in [4.69, 9.17) is 4.99 Å². The van der Waals surface area contributed by atoms with E-state index < -0.39 is 15.8 Å². The Morgan fingerprint density at radius 1 is 0.906 bits per heavy atom. The highest BCUT2D eigenvalue weighted by molar-refractivity contribution is 8.03. The fourth-order valence-electron chi connectivity index (χ4n) is 4.92. The molecule has 1 aliphatic carbocycles. The van der Waals surface area contributed by atoms with E-state index in [-0.39, 0.29) is 29.0 Å². The Kier molecular flexibility index (Phi) is 5.13. The number of hydrogen-bond donors (Lipinski definition) is 0. The molecule has 2 aliphatic heterocycles. The Labute approximate surface area is 187 Å². The number of fused-ring (bicyclic) bond motifs is 1. The van der Waals surface area contributed by atoms with Crippen LogP contribution in [0.25, 0.3) is 0 Å². The van der Waals surface area contributed by atoms with E-state index in [0.29, 0.717) is 18.6 Å². The molecule has 0 amide bonds. The second-order valence-electron chi connectivity index (χ2n) is 8.20. The molecule has 162 valence electrons. The van der Waals surface area contributed by atoms with E-state index in [1.165, 1.54) is 12.1 Å². The molecule has 32 heavy (non-hydrogen) atoms. The first-order valence-corrected chi connectivity index (χ1v) is 11.4. The van der Waals surface area contributed by atoms with Crippen molar-refractivity contribution in [2.45, 2.75) is 31.1 Å². The third-order valence-corrected chi connectivity index (χ3v) is 7.63. The van der Waals surface area contributed by atoms with Crippen LogP contribution in [0.3, 0.4) is 0 Å². The lowest BCUT2D eigenvalue weighted by Gasteiger charge is -2.35. The largest absolute Gasteiger partial charge is 0.299 e. The number of thioether (sulfide) groups is 1. The maximum absolute atomic E-state index is 13.0. The molecule has 2 heterocycles. The third-order valence-electron chi connectivity index (χ3n) is 6.35. The van der Waals surface area contributed by atoms with Crippen LogP contribution in [0, 0.1) is 26.1 Å². The number of aliphatic imine (C=N–C) groups is 1. The average molecular weight is 449 g/mol. The first-order chi connectivity index (χ1) is 15.4. The number of allylic oxidation sites excluding steroid dienone is 2. The molecule has 0 radical (unpaired) electrons. The van der Waals surface area contributed by atoms with Gasteiger partial charge in [0, 0.05) is 58.9 Å². The molecule has 3 atom stereocenters. The van der Waals surface area contributed by atoms with E-state index in [2.05, 4.69) is 0 Å². The number of nitro benzene ring substituents is 2. The highest BCUT2D eigenvalue weighted by atomic mass is 32.2. The molecular formula is C23H19N3O5S. The number of rotatable bonds is 4. The minimum atomic E-state index is -0.424. The highest BCUT2D eigenvalue weighted by Gasteiger charge is 2.45. The molecule has 0 bridgehead atoms. The van der Waals surface area contributed by atoms with Gasteiger partial charge >= 0.3 is 0 Å². The van der Waals surface area contributed by atoms with Crippen LogP contribution in [0.5, 0.6) is 0 Å². The first-order valence-electron chi connectivity index (χ1n) is 10.4. The molecule has 0 saturated heterocycles. The summed E-state index contributed by atoms with van der Waals surface area (Å²) in [5.74, 6) is -0.0478. The van der Waals surface area contributed by atoms with E-state index in [9.17, 15) is 25.0 Å². The Morgan fingerprint density at radius 3 is 2.25 bits per heavy atom. The fourth-order valence-corrected chi connectivity index (χ4v) is 6.40. The molecule has 3 aliphatic rings. The van der Waals surface area contributed by atoms with Crippen molar-refractivity contribution in [1.82, 2.24) is 0 Å². The minimum absolute atomic E-state index is 0.00444. The molecule has 0 N–H and O–H groups in total. The van der Waals surface area contributed by atoms with Crippen molar-refractivity contribution >= 4 is 34.6 Å². The van der Waals surface area contributed by atoms with Crippen molar-refractivity contribution in [2.24, 2.45) is 10.9 Å². The summed E-state index contributed by atoms with van der Waals surface area (Å²) in [6, 6.07) is 13.1. The maximum Gasteiger partial charge on any atom is 0.269 e. The Balaban J connectivity index is 1.64. The first kappa shape index (κ1) is 20.6. The van der Waals surface area contributed by atoms with Crippen molar-refractivity contribution in [2.75, 3.05) is 5.75 Å². The van der Waals surface area contributed by atoms with Gasteiger partial charge in [0.15, 0.2) is 0 Å². The van der Waals surface area contributed by atoms with Crippen LogP contribution in [0.2, 0.25) is 0 Å². The smallest absolute Gasteiger partial charge is 0.269 e. The normalized spacial score (nSPS) is 24.6. The number of carbonyl (C=O) groups excluding carboxylic acids is 1. The number of non-ortho nitro benzene ring substituents is 2. The number of ketones is 1. The number of benzene rings is 2. The predicted molar refractivity (Wildman–Crippen MR) is 121 cm³/mol. The van der Waals surface area contributed by atoms with E-state index in [0.717, 1.165) is 33.9 Å². The standard InChI is InChI=1S/C23H19N3O5S/c27-19-9-3-8-18-21(19)20(14-5-2-7-16(11-14)26(30)31)23-22(24-18)17(12-32-23)13-4-1-6-15(10-13)25(28)29/h1-2,4-7,10-11,17,20-21H,3,8-9,12H2. The zero-order valence-corrected chi connectivity index (χ0v) is 17.8. The lowest BCUT2D eigenvalue weighted by atomic mass is 9.72. The molecule has 0 aromatic heterocycles. The van der Waals surface area contributed by atoms with Crippen LogP contribution in [-0.2, 0) is 4.79 Å². The monoisotopic (exact) mass is 449 g/mol. The Hall–Kier alpha value is -3.33. The summed E-state index contributed by atoms with van der Waals surface area (Å²) >= 11 is 1.60. The average Bonchev–Trinajstić information content (AvgIpc) is 3.21. The summed E-state index contributed by atoms with van der Waals surface area (Å²) < 4.78 is 0. The van der Waals surface area contributed by atoms with E-state index in [1.54, 1.807) is 36.0 Å². The number of nitrogens with zero attached hydrogens (tertiary/aromatic N) is 3. The van der Waals surface area contributed by atoms with Crippen LogP contribution in [0.15, 0.2) is 64.1 Å². The predicted octanol–water partition coefficient (Wildman–Crippen LogP) is 5.15. The van der Waals surface area contributed by atoms with Crippen molar-refractivity contribution in [3.8, 4) is 0 Å². The highest BCUT2D eigenvalue weighted by Crippen LogP contribution is 2.55. The van der Waals surface area contributed by atoms with Crippen molar-refractivity contribution in [1.29, 1.82) is 0 Å². The molecule has 5 rings (SSSR count). The molecule has 8 nitrogen and oxygen atoms in total. The second-order valence-corrected chi connectivity index (χ2v) is 9.26. The summed E-state index contributed by atoms with van der Waals surface area (Å²) in [4.78, 5) is 40.7. The van der Waals surface area contributed by atoms with Crippen LogP contribution in [0.4, 0.5) is 11.4 Å². The lowest BCUT2D eigenvalue weighted by Crippen LogP contribution is -2.36. The molecule has 1 saturated carbocycles. The number of nitro groups is 2. The molecule has 9 heteroatoms. The van der Waals surface area contributed by atoms with Gasteiger partial charge in [0.2, 0.25) is 0 Å². The van der Waals surface area contributed by atoms with Gasteiger partial charge in [0.05, 0.1) is 21.5 Å². The zero-order chi connectivity index (χ0) is 22.4. The van der Waals surface area contributed by atoms with Crippen molar-refractivity contribution in [3.05, 3.63) is 90.5 Å². The van der Waals surface area contributed by atoms with Crippen molar-refractivity contribution in [3.63, 3.8) is 0 Å². The zero-order valence-electron chi connectivity index (χ0n) is 17.0. The van der Waals surface area contributed by atoms with Crippen LogP contribution < -0.4 is 0 Å². The van der Waals surface area contributed by atoms with Gasteiger partial charge in [0.25, 0.3) is 11.4 Å². The Morgan fingerprint density at radius 2 is 1.56 bits per heavy atom. The second kappa shape index (κ2) is 7.98. The third kappa shape index (κ3) is 3.42. The van der Waals surface area contributed by atoms with E-state index >= 15 is 0 Å². The fraction of sp³-hybridized carbons (Fsp3) is 0.304.